The Hall–Kier alpha value is -3.78. The van der Waals surface area contributed by atoms with Crippen molar-refractivity contribution in [3.8, 4) is 23.0 Å². The lowest BCUT2D eigenvalue weighted by atomic mass is 9.99. The molecule has 0 radical (unpaired) electrons. The molecule has 3 aromatic rings. The Balaban J connectivity index is 1.55. The summed E-state index contributed by atoms with van der Waals surface area (Å²) in [6.07, 6.45) is 1.41. The zero-order valence-corrected chi connectivity index (χ0v) is 20.7. The van der Waals surface area contributed by atoms with Crippen molar-refractivity contribution in [2.45, 2.75) is 25.4 Å². The van der Waals surface area contributed by atoms with Crippen molar-refractivity contribution < 1.29 is 28.5 Å². The molecule has 1 saturated heterocycles. The smallest absolute Gasteiger partial charge is 0.262 e. The first kappa shape index (κ1) is 25.3. The minimum Gasteiger partial charge on any atom is -0.507 e. The molecule has 3 aromatic carbocycles. The molecule has 1 heterocycles. The maximum atomic E-state index is 13.7. The number of phenolic OH excluding ortho intramolecular Hbond substituents is 1. The summed E-state index contributed by atoms with van der Waals surface area (Å²) in [6, 6.07) is 16.4. The number of piperidine rings is 1. The number of nitrogens with zero attached hydrogens (tertiary/aromatic N) is 2. The predicted octanol–water partition coefficient (Wildman–Crippen LogP) is 4.87. The third-order valence-corrected chi connectivity index (χ3v) is 6.58. The summed E-state index contributed by atoms with van der Waals surface area (Å²) in [7, 11) is 4.64. The molecule has 1 amide bonds. The number of hydrogen-bond acceptors (Lipinski definition) is 6. The number of anilines is 1. The molecule has 1 aliphatic rings. The highest BCUT2D eigenvalue weighted by atomic mass is 19.1. The number of hydrogen-bond donors (Lipinski definition) is 1. The normalized spacial score (nSPS) is 14.3. The monoisotopic (exact) mass is 494 g/mol. The summed E-state index contributed by atoms with van der Waals surface area (Å²) in [4.78, 5) is 17.7. The largest absolute Gasteiger partial charge is 0.507 e. The Labute approximate surface area is 210 Å². The fourth-order valence-corrected chi connectivity index (χ4v) is 4.67. The van der Waals surface area contributed by atoms with Gasteiger partial charge in [-0.05, 0) is 49.2 Å². The fourth-order valence-electron chi connectivity index (χ4n) is 4.67. The number of benzene rings is 3. The number of ether oxygens (including phenoxy) is 3. The zero-order valence-electron chi connectivity index (χ0n) is 20.7. The van der Waals surface area contributed by atoms with Gasteiger partial charge < -0.3 is 24.2 Å². The molecule has 1 N–H and O–H groups in total. The molecule has 0 atom stereocenters. The lowest BCUT2D eigenvalue weighted by Gasteiger charge is -2.39. The Bertz CT molecular complexity index is 1190. The van der Waals surface area contributed by atoms with Crippen LogP contribution in [0.25, 0.3) is 0 Å². The van der Waals surface area contributed by atoms with Gasteiger partial charge in [0.2, 0.25) is 0 Å². The van der Waals surface area contributed by atoms with Crippen LogP contribution in [0.15, 0.2) is 60.7 Å². The van der Waals surface area contributed by atoms with E-state index in [0.717, 1.165) is 0 Å². The van der Waals surface area contributed by atoms with E-state index < -0.39 is 0 Å². The molecule has 0 unspecified atom stereocenters. The second-order valence-corrected chi connectivity index (χ2v) is 8.69. The van der Waals surface area contributed by atoms with Crippen molar-refractivity contribution in [1.29, 1.82) is 0 Å². The number of aromatic hydroxyl groups is 1. The second kappa shape index (κ2) is 11.3. The Morgan fingerprint density at radius 3 is 2.28 bits per heavy atom. The predicted molar refractivity (Wildman–Crippen MR) is 136 cm³/mol. The van der Waals surface area contributed by atoms with Gasteiger partial charge in [0.05, 0.1) is 32.5 Å². The minimum absolute atomic E-state index is 0.0875. The first-order valence-electron chi connectivity index (χ1n) is 11.8. The molecule has 4 rings (SSSR count). The molecular weight excluding hydrogens is 463 g/mol. The number of carbonyl (C=O) groups excluding carboxylic acids is 1. The third-order valence-electron chi connectivity index (χ3n) is 6.58. The van der Waals surface area contributed by atoms with Crippen LogP contribution in [0.4, 0.5) is 10.1 Å². The van der Waals surface area contributed by atoms with Gasteiger partial charge >= 0.3 is 0 Å². The van der Waals surface area contributed by atoms with Crippen LogP contribution >= 0.6 is 0 Å². The Morgan fingerprint density at radius 2 is 1.64 bits per heavy atom. The van der Waals surface area contributed by atoms with Crippen molar-refractivity contribution >= 4 is 11.6 Å². The van der Waals surface area contributed by atoms with Gasteiger partial charge in [-0.15, -0.1) is 0 Å². The van der Waals surface area contributed by atoms with Crippen LogP contribution in [0.5, 0.6) is 23.0 Å². The fraction of sp³-hybridized carbons (Fsp3) is 0.321. The van der Waals surface area contributed by atoms with Gasteiger partial charge in [-0.3, -0.25) is 9.69 Å². The van der Waals surface area contributed by atoms with E-state index in [-0.39, 0.29) is 23.5 Å². The van der Waals surface area contributed by atoms with Crippen LogP contribution in [-0.4, -0.2) is 56.4 Å². The molecular formula is C28H31FN2O5. The summed E-state index contributed by atoms with van der Waals surface area (Å²) >= 11 is 0. The van der Waals surface area contributed by atoms with Crippen molar-refractivity contribution in [3.63, 3.8) is 0 Å². The average Bonchev–Trinajstić information content (AvgIpc) is 2.91. The number of phenols is 1. The molecule has 8 heteroatoms. The summed E-state index contributed by atoms with van der Waals surface area (Å²) in [5, 5.41) is 10.5. The van der Waals surface area contributed by atoms with Crippen molar-refractivity contribution in [2.24, 2.45) is 0 Å². The van der Waals surface area contributed by atoms with E-state index in [9.17, 15) is 14.3 Å². The van der Waals surface area contributed by atoms with E-state index in [2.05, 4.69) is 4.90 Å². The van der Waals surface area contributed by atoms with E-state index in [0.29, 0.717) is 66.5 Å². The molecule has 190 valence electrons. The maximum Gasteiger partial charge on any atom is 0.262 e. The molecule has 0 spiro atoms. The average molecular weight is 495 g/mol. The number of para-hydroxylation sites is 1. The molecule has 1 aliphatic heterocycles. The van der Waals surface area contributed by atoms with Crippen molar-refractivity contribution in [2.75, 3.05) is 39.3 Å². The minimum atomic E-state index is -0.355. The molecule has 0 bridgehead atoms. The number of amides is 1. The van der Waals surface area contributed by atoms with Crippen LogP contribution in [0.3, 0.4) is 0 Å². The summed E-state index contributed by atoms with van der Waals surface area (Å²) in [6.45, 7) is 1.91. The molecule has 7 nitrogen and oxygen atoms in total. The van der Waals surface area contributed by atoms with Gasteiger partial charge in [0.15, 0.2) is 0 Å². The van der Waals surface area contributed by atoms with Crippen LogP contribution in [0.1, 0.15) is 28.8 Å². The molecule has 0 aliphatic carbocycles. The first-order chi connectivity index (χ1) is 17.4. The van der Waals surface area contributed by atoms with Gasteiger partial charge in [-0.25, -0.2) is 4.39 Å². The lowest BCUT2D eigenvalue weighted by molar-refractivity contribution is 0.0955. The van der Waals surface area contributed by atoms with Crippen molar-refractivity contribution in [3.05, 3.63) is 77.6 Å². The third kappa shape index (κ3) is 5.39. The lowest BCUT2D eigenvalue weighted by Crippen LogP contribution is -2.47. The van der Waals surface area contributed by atoms with E-state index in [4.69, 9.17) is 14.2 Å². The topological polar surface area (TPSA) is 71.5 Å². The highest BCUT2D eigenvalue weighted by Gasteiger charge is 2.31. The summed E-state index contributed by atoms with van der Waals surface area (Å²) in [5.41, 5.74) is 1.79. The first-order valence-corrected chi connectivity index (χ1v) is 11.8. The van der Waals surface area contributed by atoms with Gasteiger partial charge in [-0.1, -0.05) is 12.1 Å². The second-order valence-electron chi connectivity index (χ2n) is 8.69. The Kier molecular flexibility index (Phi) is 7.95. The van der Waals surface area contributed by atoms with Crippen LogP contribution in [0.2, 0.25) is 0 Å². The quantitative estimate of drug-likeness (QED) is 0.482. The van der Waals surface area contributed by atoms with Crippen LogP contribution < -0.4 is 19.1 Å². The van der Waals surface area contributed by atoms with E-state index in [1.807, 2.05) is 6.07 Å². The molecule has 0 saturated carbocycles. The standard InChI is InChI=1S/C28H31FN2O5/c1-34-22-16-25(32)24(27(17-22)36-3)18-30-14-12-21(13-15-30)31(20-10-8-19(29)9-11-20)28(33)23-6-4-5-7-26(23)35-2/h4-11,16-17,21,32H,12-15,18H2,1-3H3. The maximum absolute atomic E-state index is 13.7. The van der Waals surface area contributed by atoms with Gasteiger partial charge in [0.25, 0.3) is 5.91 Å². The number of halogens is 1. The van der Waals surface area contributed by atoms with Gasteiger partial charge in [0, 0.05) is 43.5 Å². The summed E-state index contributed by atoms with van der Waals surface area (Å²) < 4.78 is 29.8. The Morgan fingerprint density at radius 1 is 0.972 bits per heavy atom. The zero-order chi connectivity index (χ0) is 25.7. The molecule has 1 fully saturated rings. The van der Waals surface area contributed by atoms with Gasteiger partial charge in [0.1, 0.15) is 28.8 Å². The van der Waals surface area contributed by atoms with Gasteiger partial charge in [-0.2, -0.15) is 0 Å². The number of carbonyl (C=O) groups is 1. The molecule has 36 heavy (non-hydrogen) atoms. The number of likely N-dealkylation sites (tertiary alicyclic amines) is 1. The number of rotatable bonds is 8. The van der Waals surface area contributed by atoms with Crippen LogP contribution in [-0.2, 0) is 6.54 Å². The number of methoxy groups -OCH3 is 3. The van der Waals surface area contributed by atoms with E-state index >= 15 is 0 Å². The highest BCUT2D eigenvalue weighted by molar-refractivity contribution is 6.08. The van der Waals surface area contributed by atoms with E-state index in [1.165, 1.54) is 26.4 Å². The molecule has 0 aromatic heterocycles. The van der Waals surface area contributed by atoms with Crippen molar-refractivity contribution in [1.82, 2.24) is 4.90 Å². The highest BCUT2D eigenvalue weighted by Crippen LogP contribution is 2.35. The van der Waals surface area contributed by atoms with E-state index in [1.54, 1.807) is 54.5 Å². The van der Waals surface area contributed by atoms with Crippen LogP contribution in [0, 0.1) is 5.82 Å². The summed E-state index contributed by atoms with van der Waals surface area (Å²) in [5.74, 6) is 1.16. The SMILES string of the molecule is COc1cc(O)c(CN2CCC(N(C(=O)c3ccccc3OC)c3ccc(F)cc3)CC2)c(OC)c1.